The van der Waals surface area contributed by atoms with Crippen LogP contribution in [0.2, 0.25) is 0 Å². The molecule has 3 rings (SSSR count). The number of aryl methyl sites for hydroxylation is 1. The zero-order chi connectivity index (χ0) is 24.0. The fourth-order valence-corrected chi connectivity index (χ4v) is 3.71. The number of rotatable bonds is 6. The maximum absolute atomic E-state index is 14.6. The lowest BCUT2D eigenvalue weighted by Gasteiger charge is -2.09. The molecule has 0 aromatic heterocycles. The van der Waals surface area contributed by atoms with E-state index < -0.39 is 39.5 Å². The summed E-state index contributed by atoms with van der Waals surface area (Å²) in [5.41, 5.74) is -0.0980. The number of hydrogen-bond acceptors (Lipinski definition) is 2. The van der Waals surface area contributed by atoms with Gasteiger partial charge in [-0.2, -0.15) is 5.26 Å². The van der Waals surface area contributed by atoms with Gasteiger partial charge in [-0.05, 0) is 72.1 Å². The van der Waals surface area contributed by atoms with Gasteiger partial charge in [0.05, 0.1) is 16.0 Å². The molecule has 0 amide bonds. The molecule has 3 aromatic carbocycles. The van der Waals surface area contributed by atoms with Crippen LogP contribution in [0, 0.1) is 51.6 Å². The second-order valence-electron chi connectivity index (χ2n) is 7.30. The van der Waals surface area contributed by atoms with Crippen molar-refractivity contribution >= 4 is 11.8 Å². The summed E-state index contributed by atoms with van der Waals surface area (Å²) in [5, 5.41) is 10.2. The highest BCUT2D eigenvalue weighted by molar-refractivity contribution is 8.03. The molecule has 0 unspecified atom stereocenters. The van der Waals surface area contributed by atoms with E-state index in [0.717, 1.165) is 55.5 Å². The summed E-state index contributed by atoms with van der Waals surface area (Å²) < 4.78 is 71.7. The lowest BCUT2D eigenvalue weighted by Crippen LogP contribution is -1.96. The zero-order valence-electron chi connectivity index (χ0n) is 17.6. The van der Waals surface area contributed by atoms with Gasteiger partial charge in [0.15, 0.2) is 0 Å². The van der Waals surface area contributed by atoms with Crippen LogP contribution < -0.4 is 0 Å². The Kier molecular flexibility index (Phi) is 8.14. The first-order valence-electron chi connectivity index (χ1n) is 10.2. The van der Waals surface area contributed by atoms with E-state index in [1.54, 1.807) is 11.5 Å². The van der Waals surface area contributed by atoms with E-state index in [1.165, 1.54) is 12.1 Å². The van der Waals surface area contributed by atoms with E-state index >= 15 is 0 Å². The summed E-state index contributed by atoms with van der Waals surface area (Å²) in [4.78, 5) is -0.553. The van der Waals surface area contributed by atoms with Crippen LogP contribution >= 0.6 is 11.8 Å². The topological polar surface area (TPSA) is 23.8 Å². The molecule has 0 atom stereocenters. The second kappa shape index (κ2) is 11.0. The fraction of sp³-hybridized carbons (Fsp3) is 0.192. The zero-order valence-corrected chi connectivity index (χ0v) is 18.4. The van der Waals surface area contributed by atoms with E-state index in [-0.39, 0.29) is 28.5 Å². The van der Waals surface area contributed by atoms with Crippen molar-refractivity contribution in [2.24, 2.45) is 0 Å². The molecule has 0 bridgehead atoms. The molecule has 7 heteroatoms. The maximum atomic E-state index is 14.6. The van der Waals surface area contributed by atoms with Crippen LogP contribution in [0.5, 0.6) is 0 Å². The highest BCUT2D eigenvalue weighted by Gasteiger charge is 2.18. The number of benzene rings is 3. The average Bonchev–Trinajstić information content (AvgIpc) is 2.75. The average molecular weight is 471 g/mol. The number of unbranched alkanes of at least 4 members (excludes halogenated alkanes) is 2. The first-order valence-corrected chi connectivity index (χ1v) is 11.0. The van der Waals surface area contributed by atoms with Crippen molar-refractivity contribution in [1.82, 2.24) is 0 Å². The molecule has 0 aliphatic rings. The molecule has 0 saturated heterocycles. The van der Waals surface area contributed by atoms with Crippen LogP contribution in [0.15, 0.2) is 47.4 Å². The van der Waals surface area contributed by atoms with Crippen LogP contribution in [-0.2, 0) is 6.42 Å². The summed E-state index contributed by atoms with van der Waals surface area (Å²) in [6, 6.07) is 8.04. The van der Waals surface area contributed by atoms with Gasteiger partial charge in [0.1, 0.15) is 34.5 Å². The minimum atomic E-state index is -1.10. The lowest BCUT2D eigenvalue weighted by atomic mass is 10.0. The monoisotopic (exact) mass is 471 g/mol. The van der Waals surface area contributed by atoms with E-state index in [1.807, 2.05) is 0 Å². The largest absolute Gasteiger partial charge is 0.206 e. The molecule has 0 aliphatic heterocycles. The van der Waals surface area contributed by atoms with Gasteiger partial charge < -0.3 is 0 Å². The lowest BCUT2D eigenvalue weighted by molar-refractivity contribution is 0.540. The van der Waals surface area contributed by atoms with Gasteiger partial charge in [0, 0.05) is 5.56 Å². The molecular formula is C26H18F5NS. The second-order valence-corrected chi connectivity index (χ2v) is 8.09. The summed E-state index contributed by atoms with van der Waals surface area (Å²) in [6.45, 7) is 2.08. The standard InChI is InChI=1S/C26H18F5NS/c1-2-3-4-5-16-6-8-18(20(27)10-16)9-7-17-11-21(28)25(22(29)12-17)19-13-23(30)26(33-15-32)24(31)14-19/h6,8,10-14H,2-5H2,1H3. The molecule has 33 heavy (non-hydrogen) atoms. The Balaban J connectivity index is 1.88. The quantitative estimate of drug-likeness (QED) is 0.121. The number of thiocyanates is 1. The van der Waals surface area contributed by atoms with Crippen LogP contribution in [0.3, 0.4) is 0 Å². The van der Waals surface area contributed by atoms with Crippen LogP contribution in [0.4, 0.5) is 22.0 Å². The first-order chi connectivity index (χ1) is 15.8. The highest BCUT2D eigenvalue weighted by atomic mass is 32.2. The van der Waals surface area contributed by atoms with E-state index in [0.29, 0.717) is 0 Å². The predicted octanol–water partition coefficient (Wildman–Crippen LogP) is 7.75. The molecule has 0 aliphatic carbocycles. The van der Waals surface area contributed by atoms with Gasteiger partial charge in [-0.3, -0.25) is 0 Å². The van der Waals surface area contributed by atoms with Gasteiger partial charge >= 0.3 is 0 Å². The van der Waals surface area contributed by atoms with E-state index in [4.69, 9.17) is 5.26 Å². The molecular weight excluding hydrogens is 453 g/mol. The van der Waals surface area contributed by atoms with Crippen LogP contribution in [-0.4, -0.2) is 0 Å². The number of nitriles is 1. The Bertz CT molecular complexity index is 1240. The van der Waals surface area contributed by atoms with Gasteiger partial charge in [-0.15, -0.1) is 0 Å². The summed E-state index contributed by atoms with van der Waals surface area (Å²) in [5.74, 6) is 0.208. The van der Waals surface area contributed by atoms with Crippen LogP contribution in [0.25, 0.3) is 11.1 Å². The Morgan fingerprint density at radius 3 is 2.03 bits per heavy atom. The Hall–Kier alpha value is -3.29. The third-order valence-corrected chi connectivity index (χ3v) is 5.61. The normalized spacial score (nSPS) is 10.5. The number of halogens is 5. The molecule has 3 aromatic rings. The van der Waals surface area contributed by atoms with Crippen molar-refractivity contribution in [2.45, 2.75) is 37.5 Å². The molecule has 0 radical (unpaired) electrons. The number of hydrogen-bond donors (Lipinski definition) is 0. The van der Waals surface area contributed by atoms with Gasteiger partial charge in [0.2, 0.25) is 0 Å². The number of thioether (sulfide) groups is 1. The third kappa shape index (κ3) is 5.94. The predicted molar refractivity (Wildman–Crippen MR) is 119 cm³/mol. The van der Waals surface area contributed by atoms with Crippen molar-refractivity contribution in [3.8, 4) is 28.4 Å². The highest BCUT2D eigenvalue weighted by Crippen LogP contribution is 2.33. The van der Waals surface area contributed by atoms with Crippen LogP contribution in [0.1, 0.15) is 42.9 Å². The van der Waals surface area contributed by atoms with Gasteiger partial charge in [-0.1, -0.05) is 37.7 Å². The minimum absolute atomic E-state index is 0.0576. The maximum Gasteiger partial charge on any atom is 0.141 e. The Labute approximate surface area is 193 Å². The van der Waals surface area contributed by atoms with Gasteiger partial charge in [0.25, 0.3) is 0 Å². The van der Waals surface area contributed by atoms with E-state index in [9.17, 15) is 22.0 Å². The molecule has 0 heterocycles. The van der Waals surface area contributed by atoms with Crippen molar-refractivity contribution < 1.29 is 22.0 Å². The van der Waals surface area contributed by atoms with E-state index in [2.05, 4.69) is 18.8 Å². The molecule has 0 fully saturated rings. The van der Waals surface area contributed by atoms with Crippen molar-refractivity contribution in [1.29, 1.82) is 5.26 Å². The Morgan fingerprint density at radius 1 is 0.788 bits per heavy atom. The smallest absolute Gasteiger partial charge is 0.141 e. The molecule has 0 saturated carbocycles. The molecule has 0 N–H and O–H groups in total. The molecule has 1 nitrogen and oxygen atoms in total. The molecule has 168 valence electrons. The first kappa shape index (κ1) is 24.4. The summed E-state index contributed by atoms with van der Waals surface area (Å²) in [6.07, 6.45) is 3.83. The summed E-state index contributed by atoms with van der Waals surface area (Å²) in [7, 11) is 0. The Morgan fingerprint density at radius 2 is 1.45 bits per heavy atom. The minimum Gasteiger partial charge on any atom is -0.206 e. The summed E-state index contributed by atoms with van der Waals surface area (Å²) >= 11 is 0.274. The van der Waals surface area contributed by atoms with Crippen molar-refractivity contribution in [2.75, 3.05) is 0 Å². The molecule has 0 spiro atoms. The fourth-order valence-electron chi connectivity index (χ4n) is 3.30. The van der Waals surface area contributed by atoms with Gasteiger partial charge in [-0.25, -0.2) is 22.0 Å². The third-order valence-electron chi connectivity index (χ3n) is 4.92. The van der Waals surface area contributed by atoms with Crippen molar-refractivity contribution in [3.05, 3.63) is 88.2 Å². The van der Waals surface area contributed by atoms with Crippen molar-refractivity contribution in [3.63, 3.8) is 0 Å². The number of nitrogens with zero attached hydrogens (tertiary/aromatic N) is 1. The SMILES string of the molecule is CCCCCc1ccc(C#Cc2cc(F)c(-c3cc(F)c(SC#N)c(F)c3)c(F)c2)c(F)c1.